The zero-order valence-electron chi connectivity index (χ0n) is 24.0. The first-order valence-corrected chi connectivity index (χ1v) is 14.0. The van der Waals surface area contributed by atoms with Crippen LogP contribution in [0.3, 0.4) is 0 Å². The molecule has 4 rings (SSSR count). The summed E-state index contributed by atoms with van der Waals surface area (Å²) in [6, 6.07) is 9.44. The Balaban J connectivity index is 1.84. The molecule has 0 saturated carbocycles. The molecule has 9 heteroatoms. The first-order chi connectivity index (χ1) is 19.2. The predicted molar refractivity (Wildman–Crippen MR) is 155 cm³/mol. The van der Waals surface area contributed by atoms with Crippen molar-refractivity contribution in [2.24, 2.45) is 0 Å². The molecule has 3 atom stereocenters. The number of carbonyl (C=O) groups is 2. The minimum absolute atomic E-state index is 0.0363. The van der Waals surface area contributed by atoms with Crippen molar-refractivity contribution < 1.29 is 33.3 Å². The van der Waals surface area contributed by atoms with Gasteiger partial charge >= 0.3 is 5.97 Å². The summed E-state index contributed by atoms with van der Waals surface area (Å²) < 4.78 is 28.4. The van der Waals surface area contributed by atoms with Crippen molar-refractivity contribution in [3.63, 3.8) is 0 Å². The van der Waals surface area contributed by atoms with Crippen LogP contribution in [0.4, 0.5) is 0 Å². The molecule has 1 heterocycles. The summed E-state index contributed by atoms with van der Waals surface area (Å²) in [6.07, 6.45) is 1.29. The largest absolute Gasteiger partial charge is 0.493 e. The van der Waals surface area contributed by atoms with Gasteiger partial charge in [-0.3, -0.25) is 4.79 Å². The van der Waals surface area contributed by atoms with E-state index >= 15 is 0 Å². The maximum Gasteiger partial charge on any atom is 0.337 e. The van der Waals surface area contributed by atoms with Crippen LogP contribution in [-0.2, 0) is 14.3 Å². The number of hydrogen-bond donors (Lipinski definition) is 1. The van der Waals surface area contributed by atoms with Crippen LogP contribution in [0.15, 0.2) is 57.3 Å². The van der Waals surface area contributed by atoms with Gasteiger partial charge in [0.25, 0.3) is 0 Å². The van der Waals surface area contributed by atoms with Crippen molar-refractivity contribution in [2.75, 3.05) is 28.4 Å². The number of allylic oxidation sites excluding steroid dienone is 3. The van der Waals surface area contributed by atoms with Crippen LogP contribution in [0.5, 0.6) is 23.0 Å². The number of methoxy groups -OCH3 is 4. The zero-order chi connectivity index (χ0) is 29.1. The highest BCUT2D eigenvalue weighted by Crippen LogP contribution is 2.49. The number of benzene rings is 2. The lowest BCUT2D eigenvalue weighted by atomic mass is 9.71. The topological polar surface area (TPSA) is 92.3 Å². The van der Waals surface area contributed by atoms with Gasteiger partial charge in [0, 0.05) is 29.3 Å². The Morgan fingerprint density at radius 1 is 0.975 bits per heavy atom. The van der Waals surface area contributed by atoms with Crippen LogP contribution in [0.2, 0.25) is 0 Å². The van der Waals surface area contributed by atoms with E-state index in [4.69, 9.17) is 23.7 Å². The van der Waals surface area contributed by atoms with Gasteiger partial charge in [0.1, 0.15) is 0 Å². The Bertz CT molecular complexity index is 1380. The van der Waals surface area contributed by atoms with Crippen molar-refractivity contribution in [1.29, 1.82) is 0 Å². The molecule has 1 N–H and O–H groups in total. The van der Waals surface area contributed by atoms with Crippen LogP contribution in [0.1, 0.15) is 63.0 Å². The maximum atomic E-state index is 14.0. The van der Waals surface area contributed by atoms with Crippen molar-refractivity contribution >= 4 is 27.7 Å². The first-order valence-electron chi connectivity index (χ1n) is 13.3. The lowest BCUT2D eigenvalue weighted by Crippen LogP contribution is -2.36. The monoisotopic (exact) mass is 613 g/mol. The number of rotatable bonds is 9. The summed E-state index contributed by atoms with van der Waals surface area (Å²) in [5.41, 5.74) is 4.14. The first kappa shape index (κ1) is 29.5. The third-order valence-corrected chi connectivity index (χ3v) is 8.19. The molecule has 2 aromatic carbocycles. The summed E-state index contributed by atoms with van der Waals surface area (Å²) >= 11 is 3.58. The Morgan fingerprint density at radius 3 is 2.27 bits per heavy atom. The minimum Gasteiger partial charge on any atom is -0.493 e. The average Bonchev–Trinajstić information content (AvgIpc) is 2.95. The highest BCUT2D eigenvalue weighted by atomic mass is 79.9. The number of dihydropyridines is 1. The quantitative estimate of drug-likeness (QED) is 0.335. The van der Waals surface area contributed by atoms with Gasteiger partial charge in [0.2, 0.25) is 0 Å². The highest BCUT2D eigenvalue weighted by Gasteiger charge is 2.42. The van der Waals surface area contributed by atoms with E-state index in [0.717, 1.165) is 16.8 Å². The second kappa shape index (κ2) is 12.4. The smallest absolute Gasteiger partial charge is 0.337 e. The van der Waals surface area contributed by atoms with Gasteiger partial charge in [-0.25, -0.2) is 4.79 Å². The summed E-state index contributed by atoms with van der Waals surface area (Å²) in [5, 5.41) is 3.40. The highest BCUT2D eigenvalue weighted by molar-refractivity contribution is 9.10. The molecule has 0 unspecified atom stereocenters. The van der Waals surface area contributed by atoms with Crippen molar-refractivity contribution in [3.8, 4) is 23.0 Å². The second-order valence-electron chi connectivity index (χ2n) is 9.99. The summed E-state index contributed by atoms with van der Waals surface area (Å²) in [4.78, 5) is 27.6. The molecule has 2 aromatic rings. The van der Waals surface area contributed by atoms with E-state index in [9.17, 15) is 9.59 Å². The van der Waals surface area contributed by atoms with E-state index in [-0.39, 0.29) is 24.2 Å². The Hall–Kier alpha value is -3.46. The third kappa shape index (κ3) is 5.57. The minimum atomic E-state index is -0.636. The molecule has 0 amide bonds. The number of nitrogens with one attached hydrogen (secondary N) is 1. The van der Waals surface area contributed by atoms with Crippen LogP contribution in [0, 0.1) is 0 Å². The van der Waals surface area contributed by atoms with Crippen molar-refractivity contribution in [1.82, 2.24) is 5.32 Å². The van der Waals surface area contributed by atoms with Gasteiger partial charge in [-0.05, 0) is 83.9 Å². The van der Waals surface area contributed by atoms with Gasteiger partial charge < -0.3 is 29.0 Å². The normalized spacial score (nSPS) is 19.4. The van der Waals surface area contributed by atoms with E-state index in [1.807, 2.05) is 51.1 Å². The molecule has 0 radical (unpaired) electrons. The molecule has 8 nitrogen and oxygen atoms in total. The molecule has 214 valence electrons. The Labute approximate surface area is 243 Å². The van der Waals surface area contributed by atoms with E-state index in [2.05, 4.69) is 21.2 Å². The molecule has 40 heavy (non-hydrogen) atoms. The number of ether oxygens (including phenoxy) is 5. The summed E-state index contributed by atoms with van der Waals surface area (Å²) in [5.74, 6) is 1.08. The lowest BCUT2D eigenvalue weighted by molar-refractivity contribution is -0.144. The number of carbonyl (C=O) groups excluding carboxylic acids is 2. The van der Waals surface area contributed by atoms with Crippen LogP contribution in [-0.4, -0.2) is 46.3 Å². The molecular weight excluding hydrogens is 578 g/mol. The zero-order valence-corrected chi connectivity index (χ0v) is 25.6. The van der Waals surface area contributed by atoms with E-state index in [1.165, 1.54) is 0 Å². The van der Waals surface area contributed by atoms with Gasteiger partial charge in [0.05, 0.1) is 44.6 Å². The predicted octanol–water partition coefficient (Wildman–Crippen LogP) is 6.19. The molecule has 0 fully saturated rings. The molecule has 2 aliphatic rings. The van der Waals surface area contributed by atoms with Crippen molar-refractivity contribution in [3.05, 3.63) is 68.5 Å². The fourth-order valence-electron chi connectivity index (χ4n) is 5.42. The van der Waals surface area contributed by atoms with Crippen LogP contribution in [0.25, 0.3) is 0 Å². The molecule has 0 bridgehead atoms. The van der Waals surface area contributed by atoms with E-state index in [0.29, 0.717) is 57.2 Å². The van der Waals surface area contributed by atoms with Crippen LogP contribution >= 0.6 is 15.9 Å². The summed E-state index contributed by atoms with van der Waals surface area (Å²) in [7, 11) is 6.30. The van der Waals surface area contributed by atoms with Crippen LogP contribution < -0.4 is 24.3 Å². The van der Waals surface area contributed by atoms with E-state index in [1.54, 1.807) is 28.4 Å². The molecule has 1 aliphatic carbocycles. The fourth-order valence-corrected chi connectivity index (χ4v) is 6.04. The molecular formula is C31H36BrNO7. The van der Waals surface area contributed by atoms with Gasteiger partial charge in [0.15, 0.2) is 28.8 Å². The number of halogens is 1. The molecule has 0 saturated heterocycles. The summed E-state index contributed by atoms with van der Waals surface area (Å²) in [6.45, 7) is 5.67. The number of ketones is 1. The second-order valence-corrected chi connectivity index (χ2v) is 10.8. The Kier molecular flexibility index (Phi) is 9.13. The number of esters is 1. The number of hydrogen-bond acceptors (Lipinski definition) is 8. The maximum absolute atomic E-state index is 14.0. The SMILES string of the molecule is CC[C@@H](C)OC(=O)C1=C(C)NC2=C(C(=O)C[C@H](c3ccc(OC)c(OC)c3)C2)[C@H]1c1cc(Br)c(OC)c(OC)c1. The molecule has 1 aliphatic heterocycles. The molecule has 0 spiro atoms. The van der Waals surface area contributed by atoms with Gasteiger partial charge in [-0.2, -0.15) is 0 Å². The third-order valence-electron chi connectivity index (χ3n) is 7.60. The van der Waals surface area contributed by atoms with Gasteiger partial charge in [-0.1, -0.05) is 13.0 Å². The standard InChI is InChI=1S/C31H36BrNO7/c1-8-16(2)40-31(35)27-17(3)33-22-12-19(18-9-10-24(36-4)25(14-18)37-5)13-23(34)29(22)28(27)20-11-21(32)30(39-7)26(15-20)38-6/h9-11,14-16,19,28,33H,8,12-13H2,1-7H3/t16-,19-,28+/m1/s1. The average molecular weight is 615 g/mol. The number of Topliss-reactive ketones (excluding diaryl/α,β-unsaturated/α-hetero) is 1. The van der Waals surface area contributed by atoms with E-state index < -0.39 is 11.9 Å². The van der Waals surface area contributed by atoms with Gasteiger partial charge in [-0.15, -0.1) is 0 Å². The Morgan fingerprint density at radius 2 is 1.65 bits per heavy atom. The fraction of sp³-hybridized carbons (Fsp3) is 0.419. The van der Waals surface area contributed by atoms with Crippen molar-refractivity contribution in [2.45, 2.75) is 58.0 Å². The lowest BCUT2D eigenvalue weighted by Gasteiger charge is -2.37. The molecule has 0 aromatic heterocycles.